The third kappa shape index (κ3) is 4.03. The van der Waals surface area contributed by atoms with Crippen LogP contribution >= 0.6 is 11.6 Å². The van der Waals surface area contributed by atoms with Crippen LogP contribution in [-0.4, -0.2) is 13.1 Å². The van der Waals surface area contributed by atoms with Gasteiger partial charge in [0.05, 0.1) is 7.11 Å². The van der Waals surface area contributed by atoms with E-state index in [-0.39, 0.29) is 5.02 Å². The summed E-state index contributed by atoms with van der Waals surface area (Å²) in [6.07, 6.45) is 0. The molecule has 0 saturated heterocycles. The Morgan fingerprint density at radius 2 is 2.00 bits per heavy atom. The van der Waals surface area contributed by atoms with Gasteiger partial charge in [-0.1, -0.05) is 48.0 Å². The van der Waals surface area contributed by atoms with Crippen molar-refractivity contribution in [2.45, 2.75) is 12.6 Å². The molecule has 0 saturated carbocycles. The molecule has 0 heterocycles. The van der Waals surface area contributed by atoms with Gasteiger partial charge in [0.1, 0.15) is 11.9 Å². The van der Waals surface area contributed by atoms with Gasteiger partial charge in [-0.2, -0.15) is 0 Å². The topological polar surface area (TPSA) is 38.3 Å². The molecule has 5 heteroatoms. The number of hydrogen-bond acceptors (Lipinski definition) is 3. The maximum atomic E-state index is 13.1. The molecule has 3 nitrogen and oxygen atoms in total. The summed E-state index contributed by atoms with van der Waals surface area (Å²) in [5.41, 5.74) is 1.51. The highest BCUT2D eigenvalue weighted by atomic mass is 35.5. The molecule has 0 spiro atoms. The monoisotopic (exact) mass is 307 g/mol. The number of carbonyl (C=O) groups is 1. The fraction of sp³-hybridized carbons (Fsp3) is 0.188. The van der Waals surface area contributed by atoms with Crippen molar-refractivity contribution in [2.75, 3.05) is 7.11 Å². The van der Waals surface area contributed by atoms with Crippen molar-refractivity contribution in [2.24, 2.45) is 0 Å². The maximum absolute atomic E-state index is 13.1. The van der Waals surface area contributed by atoms with E-state index in [1.807, 2.05) is 30.3 Å². The summed E-state index contributed by atoms with van der Waals surface area (Å²) in [6, 6.07) is 12.8. The number of carbonyl (C=O) groups excluding carboxylic acids is 1. The normalized spacial score (nSPS) is 12.0. The molecule has 21 heavy (non-hydrogen) atoms. The molecule has 0 aliphatic rings. The predicted octanol–water partition coefficient (Wildman–Crippen LogP) is 3.48. The minimum Gasteiger partial charge on any atom is -0.468 e. The first kappa shape index (κ1) is 15.5. The van der Waals surface area contributed by atoms with Crippen molar-refractivity contribution < 1.29 is 13.9 Å². The zero-order valence-electron chi connectivity index (χ0n) is 11.5. The predicted molar refractivity (Wildman–Crippen MR) is 79.4 cm³/mol. The fourth-order valence-corrected chi connectivity index (χ4v) is 2.27. The second-order valence-electron chi connectivity index (χ2n) is 4.49. The minimum absolute atomic E-state index is 0.186. The molecule has 1 N–H and O–H groups in total. The van der Waals surface area contributed by atoms with Crippen LogP contribution < -0.4 is 5.32 Å². The van der Waals surface area contributed by atoms with E-state index in [0.29, 0.717) is 12.1 Å². The lowest BCUT2D eigenvalue weighted by atomic mass is 10.1. The van der Waals surface area contributed by atoms with Crippen molar-refractivity contribution >= 4 is 17.6 Å². The Morgan fingerprint density at radius 1 is 1.29 bits per heavy atom. The summed E-state index contributed by atoms with van der Waals surface area (Å²) in [7, 11) is 1.30. The highest BCUT2D eigenvalue weighted by Gasteiger charge is 2.23. The maximum Gasteiger partial charge on any atom is 0.327 e. The molecule has 0 amide bonds. The molecular weight excluding hydrogens is 293 g/mol. The lowest BCUT2D eigenvalue weighted by Crippen LogP contribution is -2.29. The Kier molecular flexibility index (Phi) is 5.31. The van der Waals surface area contributed by atoms with Gasteiger partial charge in [-0.3, -0.25) is 5.32 Å². The fourth-order valence-electron chi connectivity index (χ4n) is 1.99. The Labute approximate surface area is 127 Å². The Hall–Kier alpha value is -1.91. The van der Waals surface area contributed by atoms with Gasteiger partial charge >= 0.3 is 5.97 Å². The van der Waals surface area contributed by atoms with E-state index < -0.39 is 17.8 Å². The van der Waals surface area contributed by atoms with E-state index in [1.165, 1.54) is 25.3 Å². The van der Waals surface area contributed by atoms with Crippen LogP contribution in [0.25, 0.3) is 0 Å². The second-order valence-corrected chi connectivity index (χ2v) is 4.90. The molecule has 1 unspecified atom stereocenters. The van der Waals surface area contributed by atoms with Crippen LogP contribution in [-0.2, 0) is 16.1 Å². The second kappa shape index (κ2) is 7.20. The highest BCUT2D eigenvalue weighted by Crippen LogP contribution is 2.25. The van der Waals surface area contributed by atoms with Gasteiger partial charge in [-0.15, -0.1) is 0 Å². The minimum atomic E-state index is -0.747. The number of ether oxygens (including phenoxy) is 1. The van der Waals surface area contributed by atoms with Crippen LogP contribution in [0.4, 0.5) is 4.39 Å². The van der Waals surface area contributed by atoms with Gasteiger partial charge in [0.25, 0.3) is 0 Å². The van der Waals surface area contributed by atoms with Gasteiger partial charge in [-0.05, 0) is 23.3 Å². The first-order chi connectivity index (χ1) is 10.1. The average molecular weight is 308 g/mol. The van der Waals surface area contributed by atoms with Crippen molar-refractivity contribution in [3.05, 3.63) is 70.5 Å². The van der Waals surface area contributed by atoms with E-state index in [2.05, 4.69) is 5.32 Å². The SMILES string of the molecule is COC(=O)C(NCc1ccccc1)c1ccc(F)cc1Cl. The van der Waals surface area contributed by atoms with E-state index in [1.54, 1.807) is 0 Å². The molecule has 0 aromatic heterocycles. The van der Waals surface area contributed by atoms with Gasteiger partial charge in [0.15, 0.2) is 0 Å². The molecule has 1 atom stereocenters. The largest absolute Gasteiger partial charge is 0.468 e. The van der Waals surface area contributed by atoms with Crippen molar-refractivity contribution in [3.8, 4) is 0 Å². The van der Waals surface area contributed by atoms with Crippen LogP contribution in [0, 0.1) is 5.82 Å². The van der Waals surface area contributed by atoms with Gasteiger partial charge in [0.2, 0.25) is 0 Å². The first-order valence-electron chi connectivity index (χ1n) is 6.42. The summed E-state index contributed by atoms with van der Waals surface area (Å²) in [5, 5.41) is 3.27. The van der Waals surface area contributed by atoms with E-state index >= 15 is 0 Å². The van der Waals surface area contributed by atoms with Crippen LogP contribution in [0.5, 0.6) is 0 Å². The summed E-state index contributed by atoms with van der Waals surface area (Å²) in [5.74, 6) is -0.921. The molecule has 110 valence electrons. The van der Waals surface area contributed by atoms with Crippen LogP contribution in [0.1, 0.15) is 17.2 Å². The van der Waals surface area contributed by atoms with Gasteiger partial charge in [0, 0.05) is 11.6 Å². The van der Waals surface area contributed by atoms with E-state index in [4.69, 9.17) is 16.3 Å². The zero-order chi connectivity index (χ0) is 15.2. The lowest BCUT2D eigenvalue weighted by molar-refractivity contribution is -0.143. The summed E-state index contributed by atoms with van der Waals surface area (Å²) in [6.45, 7) is 0.467. The standard InChI is InChI=1S/C16H15ClFNO2/c1-21-16(20)15(13-8-7-12(18)9-14(13)17)19-10-11-5-3-2-4-6-11/h2-9,15,19H,10H2,1H3. The van der Waals surface area contributed by atoms with Crippen LogP contribution in [0.2, 0.25) is 5.02 Å². The summed E-state index contributed by atoms with van der Waals surface area (Å²) >= 11 is 6.02. The van der Waals surface area contributed by atoms with Gasteiger partial charge in [-0.25, -0.2) is 9.18 Å². The summed E-state index contributed by atoms with van der Waals surface area (Å²) in [4.78, 5) is 11.9. The first-order valence-corrected chi connectivity index (χ1v) is 6.79. The van der Waals surface area contributed by atoms with E-state index in [9.17, 15) is 9.18 Å². The average Bonchev–Trinajstić information content (AvgIpc) is 2.50. The molecule has 0 radical (unpaired) electrons. The summed E-state index contributed by atoms with van der Waals surface area (Å²) < 4.78 is 17.9. The molecule has 0 aliphatic carbocycles. The van der Waals surface area contributed by atoms with Crippen LogP contribution in [0.3, 0.4) is 0 Å². The van der Waals surface area contributed by atoms with Crippen molar-refractivity contribution in [3.63, 3.8) is 0 Å². The Balaban J connectivity index is 2.20. The van der Waals surface area contributed by atoms with E-state index in [0.717, 1.165) is 5.56 Å². The van der Waals surface area contributed by atoms with Crippen molar-refractivity contribution in [1.82, 2.24) is 5.32 Å². The van der Waals surface area contributed by atoms with Crippen LogP contribution in [0.15, 0.2) is 48.5 Å². The Morgan fingerprint density at radius 3 is 2.62 bits per heavy atom. The molecule has 2 rings (SSSR count). The Bertz CT molecular complexity index is 619. The number of nitrogens with one attached hydrogen (secondary N) is 1. The van der Waals surface area contributed by atoms with Gasteiger partial charge < -0.3 is 4.74 Å². The molecule has 0 bridgehead atoms. The number of halogens is 2. The molecule has 0 fully saturated rings. The number of hydrogen-bond donors (Lipinski definition) is 1. The third-order valence-corrected chi connectivity index (χ3v) is 3.39. The molecular formula is C16H15ClFNO2. The smallest absolute Gasteiger partial charge is 0.327 e. The molecule has 2 aromatic carbocycles. The molecule has 0 aliphatic heterocycles. The third-order valence-electron chi connectivity index (χ3n) is 3.06. The number of methoxy groups -OCH3 is 1. The lowest BCUT2D eigenvalue weighted by Gasteiger charge is -2.18. The highest BCUT2D eigenvalue weighted by molar-refractivity contribution is 6.31. The number of rotatable bonds is 5. The quantitative estimate of drug-likeness (QED) is 0.859. The number of esters is 1. The zero-order valence-corrected chi connectivity index (χ0v) is 12.2. The number of benzene rings is 2. The van der Waals surface area contributed by atoms with Crippen molar-refractivity contribution in [1.29, 1.82) is 0 Å². The molecule has 2 aromatic rings.